The maximum absolute atomic E-state index is 13.1. The van der Waals surface area contributed by atoms with E-state index in [1.165, 1.54) is 11.1 Å². The Morgan fingerprint density at radius 1 is 1.07 bits per heavy atom. The summed E-state index contributed by atoms with van der Waals surface area (Å²) in [6.45, 7) is 3.91. The minimum absolute atomic E-state index is 0.112. The molecule has 4 atom stereocenters. The van der Waals surface area contributed by atoms with Crippen LogP contribution in [0.5, 0.6) is 5.75 Å². The first-order chi connectivity index (χ1) is 19.1. The topological polar surface area (TPSA) is 95.9 Å². The van der Waals surface area contributed by atoms with Gasteiger partial charge in [-0.05, 0) is 105 Å². The molecule has 0 aromatic heterocycles. The zero-order valence-electron chi connectivity index (χ0n) is 23.1. The SMILES string of the molecule is C[C@]1(O)CCCCCS(=O)(=O)NC(=O)c2ccc3c(c2)N(C[C@@H]2CC[C@H]21)C[C@@]1(CCCc2cc(Cl)ccc21)CO3. The number of ether oxygens (including phenoxy) is 1. The largest absolute Gasteiger partial charge is 0.490 e. The first-order valence-corrected chi connectivity index (χ1v) is 16.7. The summed E-state index contributed by atoms with van der Waals surface area (Å²) in [4.78, 5) is 15.4. The zero-order chi connectivity index (χ0) is 28.1. The van der Waals surface area contributed by atoms with Crippen molar-refractivity contribution in [1.82, 2.24) is 4.72 Å². The van der Waals surface area contributed by atoms with Gasteiger partial charge < -0.3 is 14.7 Å². The average molecular weight is 587 g/mol. The molecule has 2 aromatic carbocycles. The maximum atomic E-state index is 13.1. The smallest absolute Gasteiger partial charge is 0.264 e. The predicted octanol–water partition coefficient (Wildman–Crippen LogP) is 5.22. The van der Waals surface area contributed by atoms with E-state index in [1.807, 2.05) is 13.0 Å². The average Bonchev–Trinajstić information content (AvgIpc) is 3.02. The normalized spacial score (nSPS) is 32.1. The van der Waals surface area contributed by atoms with Gasteiger partial charge in [0.05, 0.1) is 23.6 Å². The fourth-order valence-electron chi connectivity index (χ4n) is 7.53. The van der Waals surface area contributed by atoms with Crippen molar-refractivity contribution < 1.29 is 23.1 Å². The highest BCUT2D eigenvalue weighted by Crippen LogP contribution is 2.48. The molecule has 1 saturated carbocycles. The van der Waals surface area contributed by atoms with Crippen molar-refractivity contribution >= 4 is 33.2 Å². The highest BCUT2D eigenvalue weighted by atomic mass is 35.5. The van der Waals surface area contributed by atoms with Crippen LogP contribution >= 0.6 is 11.6 Å². The van der Waals surface area contributed by atoms with Crippen LogP contribution in [-0.2, 0) is 21.9 Å². The number of fused-ring (bicyclic) bond motifs is 4. The van der Waals surface area contributed by atoms with E-state index >= 15 is 0 Å². The Labute approximate surface area is 242 Å². The van der Waals surface area contributed by atoms with Crippen molar-refractivity contribution in [3.63, 3.8) is 0 Å². The van der Waals surface area contributed by atoms with Gasteiger partial charge >= 0.3 is 0 Å². The molecule has 7 nitrogen and oxygen atoms in total. The maximum Gasteiger partial charge on any atom is 0.264 e. The number of carbonyl (C=O) groups excluding carboxylic acids is 1. The molecule has 2 aliphatic heterocycles. The molecule has 9 heteroatoms. The number of carbonyl (C=O) groups is 1. The van der Waals surface area contributed by atoms with Crippen LogP contribution in [0.2, 0.25) is 5.02 Å². The lowest BCUT2D eigenvalue weighted by Crippen LogP contribution is -2.52. The van der Waals surface area contributed by atoms with Crippen molar-refractivity contribution in [3.05, 3.63) is 58.1 Å². The van der Waals surface area contributed by atoms with Gasteiger partial charge in [-0.25, -0.2) is 13.1 Å². The molecule has 2 N–H and O–H groups in total. The second kappa shape index (κ2) is 10.5. The molecule has 40 heavy (non-hydrogen) atoms. The van der Waals surface area contributed by atoms with Crippen molar-refractivity contribution in [2.75, 3.05) is 30.3 Å². The summed E-state index contributed by atoms with van der Waals surface area (Å²) < 4.78 is 34.1. The fourth-order valence-corrected chi connectivity index (χ4v) is 8.81. The molecule has 0 saturated heterocycles. The lowest BCUT2D eigenvalue weighted by atomic mass is 9.63. The zero-order valence-corrected chi connectivity index (χ0v) is 24.7. The van der Waals surface area contributed by atoms with Crippen LogP contribution in [0.15, 0.2) is 36.4 Å². The summed E-state index contributed by atoms with van der Waals surface area (Å²) in [5, 5.41) is 12.2. The van der Waals surface area contributed by atoms with Crippen LogP contribution in [-0.4, -0.2) is 50.5 Å². The number of hydrogen-bond donors (Lipinski definition) is 2. The van der Waals surface area contributed by atoms with E-state index in [9.17, 15) is 18.3 Å². The summed E-state index contributed by atoms with van der Waals surface area (Å²) >= 11 is 6.38. The Balaban J connectivity index is 1.42. The molecule has 0 radical (unpaired) electrons. The van der Waals surface area contributed by atoms with E-state index in [-0.39, 0.29) is 17.1 Å². The number of halogens is 1. The van der Waals surface area contributed by atoms with Crippen molar-refractivity contribution in [2.24, 2.45) is 11.8 Å². The summed E-state index contributed by atoms with van der Waals surface area (Å²) in [6.07, 6.45) is 7.56. The lowest BCUT2D eigenvalue weighted by Gasteiger charge is -2.49. The minimum atomic E-state index is -3.76. The summed E-state index contributed by atoms with van der Waals surface area (Å²) in [7, 11) is -3.76. The van der Waals surface area contributed by atoms with Crippen LogP contribution < -0.4 is 14.4 Å². The van der Waals surface area contributed by atoms with Crippen molar-refractivity contribution in [1.29, 1.82) is 0 Å². The number of aliphatic hydroxyl groups is 1. The molecule has 1 amide bonds. The molecule has 2 heterocycles. The lowest BCUT2D eigenvalue weighted by molar-refractivity contribution is -0.0742. The van der Waals surface area contributed by atoms with Crippen LogP contribution in [0.4, 0.5) is 5.69 Å². The monoisotopic (exact) mass is 586 g/mol. The van der Waals surface area contributed by atoms with Gasteiger partial charge in [-0.2, -0.15) is 0 Å². The highest BCUT2D eigenvalue weighted by molar-refractivity contribution is 7.90. The van der Waals surface area contributed by atoms with Crippen molar-refractivity contribution in [3.8, 4) is 5.75 Å². The van der Waals surface area contributed by atoms with Gasteiger partial charge in [-0.15, -0.1) is 0 Å². The Morgan fingerprint density at radius 2 is 1.93 bits per heavy atom. The summed E-state index contributed by atoms with van der Waals surface area (Å²) in [6, 6.07) is 11.4. The van der Waals surface area contributed by atoms with E-state index in [1.54, 1.807) is 18.2 Å². The number of amides is 1. The number of anilines is 1. The first-order valence-electron chi connectivity index (χ1n) is 14.6. The van der Waals surface area contributed by atoms with Crippen molar-refractivity contribution in [2.45, 2.75) is 75.7 Å². The molecular formula is C31H39ClN2O5S. The van der Waals surface area contributed by atoms with Crippen LogP contribution in [0.1, 0.15) is 79.8 Å². The van der Waals surface area contributed by atoms with Gasteiger partial charge in [0, 0.05) is 29.1 Å². The number of nitrogens with one attached hydrogen (secondary N) is 1. The number of benzene rings is 2. The van der Waals surface area contributed by atoms with E-state index in [0.717, 1.165) is 55.8 Å². The number of sulfonamides is 1. The Bertz CT molecular complexity index is 1410. The van der Waals surface area contributed by atoms with Gasteiger partial charge in [0.1, 0.15) is 5.75 Å². The minimum Gasteiger partial charge on any atom is -0.490 e. The van der Waals surface area contributed by atoms with Crippen LogP contribution in [0, 0.1) is 11.8 Å². The molecular weight excluding hydrogens is 548 g/mol. The van der Waals surface area contributed by atoms with E-state index in [2.05, 4.69) is 21.8 Å². The summed E-state index contributed by atoms with van der Waals surface area (Å²) in [5.41, 5.74) is 2.59. The highest BCUT2D eigenvalue weighted by Gasteiger charge is 2.46. The molecule has 1 spiro atoms. The Hall–Kier alpha value is -2.29. The quantitative estimate of drug-likeness (QED) is 0.439. The molecule has 6 rings (SSSR count). The number of nitrogens with zero attached hydrogens (tertiary/aromatic N) is 1. The number of aryl methyl sites for hydroxylation is 1. The number of rotatable bonds is 0. The number of hydrogen-bond acceptors (Lipinski definition) is 6. The van der Waals surface area contributed by atoms with E-state index in [0.29, 0.717) is 49.6 Å². The molecule has 2 aliphatic carbocycles. The summed E-state index contributed by atoms with van der Waals surface area (Å²) in [5.74, 6) is 0.463. The molecule has 2 aromatic rings. The fraction of sp³-hybridized carbons (Fsp3) is 0.581. The Kier molecular flexibility index (Phi) is 7.33. The third kappa shape index (κ3) is 5.35. The Morgan fingerprint density at radius 3 is 2.73 bits per heavy atom. The van der Waals surface area contributed by atoms with Gasteiger partial charge in [-0.1, -0.05) is 30.5 Å². The molecule has 216 valence electrons. The molecule has 4 aliphatic rings. The van der Waals surface area contributed by atoms with Crippen LogP contribution in [0.3, 0.4) is 0 Å². The molecule has 2 bridgehead atoms. The van der Waals surface area contributed by atoms with E-state index < -0.39 is 21.5 Å². The molecule has 1 fully saturated rings. The van der Waals surface area contributed by atoms with E-state index in [4.69, 9.17) is 16.3 Å². The van der Waals surface area contributed by atoms with Crippen LogP contribution in [0.25, 0.3) is 0 Å². The second-order valence-corrected chi connectivity index (χ2v) is 14.9. The standard InChI is InChI=1S/C31H39ClN2O5S/c1-30(36)13-3-2-4-15-40(37,38)33-29(35)22-8-12-28-27(17-22)34(18-23-7-10-25(23)30)19-31(20-39-28)14-5-6-21-16-24(32)9-11-26(21)31/h8-9,11-12,16-17,23,25,36H,2-7,10,13-15,18-20H2,1H3,(H,33,35)/t23-,25+,30-,31-/m0/s1. The first kappa shape index (κ1) is 27.9. The van der Waals surface area contributed by atoms with Gasteiger partial charge in [0.2, 0.25) is 10.0 Å². The van der Waals surface area contributed by atoms with Gasteiger partial charge in [0.25, 0.3) is 5.91 Å². The van der Waals surface area contributed by atoms with Gasteiger partial charge in [-0.3, -0.25) is 4.79 Å². The molecule has 0 unspecified atom stereocenters. The third-order valence-corrected chi connectivity index (χ3v) is 11.4. The predicted molar refractivity (Wildman–Crippen MR) is 157 cm³/mol. The van der Waals surface area contributed by atoms with Gasteiger partial charge in [0.15, 0.2) is 0 Å². The second-order valence-electron chi connectivity index (χ2n) is 12.6. The third-order valence-electron chi connectivity index (χ3n) is 9.81.